The van der Waals surface area contributed by atoms with Gasteiger partial charge in [0.25, 0.3) is 0 Å². The molecule has 0 bridgehead atoms. The standard InChI is InChI=1S/C14H27NO/c1-10-4-7-14(11(2)8-10)15-12-5-6-13(9-12)16-3/h10-15H,4-9H2,1-3H3. The Morgan fingerprint density at radius 3 is 2.44 bits per heavy atom. The summed E-state index contributed by atoms with van der Waals surface area (Å²) in [6.07, 6.45) is 8.45. The first-order valence-electron chi connectivity index (χ1n) is 6.98. The van der Waals surface area contributed by atoms with Gasteiger partial charge in [-0.3, -0.25) is 0 Å². The lowest BCUT2D eigenvalue weighted by Gasteiger charge is -2.35. The van der Waals surface area contributed by atoms with Crippen molar-refractivity contribution in [2.24, 2.45) is 11.8 Å². The first-order valence-corrected chi connectivity index (χ1v) is 6.98. The van der Waals surface area contributed by atoms with E-state index in [1.54, 1.807) is 0 Å². The third-order valence-electron chi connectivity index (χ3n) is 4.60. The van der Waals surface area contributed by atoms with Gasteiger partial charge < -0.3 is 10.1 Å². The van der Waals surface area contributed by atoms with Gasteiger partial charge in [-0.05, 0) is 50.4 Å². The molecule has 0 aromatic heterocycles. The van der Waals surface area contributed by atoms with E-state index in [0.29, 0.717) is 12.1 Å². The molecule has 1 N–H and O–H groups in total. The molecule has 0 heterocycles. The van der Waals surface area contributed by atoms with Crippen molar-refractivity contribution in [2.45, 2.75) is 70.6 Å². The lowest BCUT2D eigenvalue weighted by molar-refractivity contribution is 0.105. The zero-order valence-electron chi connectivity index (χ0n) is 11.0. The van der Waals surface area contributed by atoms with E-state index in [1.165, 1.54) is 38.5 Å². The minimum atomic E-state index is 0.510. The summed E-state index contributed by atoms with van der Waals surface area (Å²) in [6.45, 7) is 4.80. The zero-order chi connectivity index (χ0) is 11.5. The SMILES string of the molecule is COC1CCC(NC2CCC(C)CC2C)C1. The number of rotatable bonds is 3. The van der Waals surface area contributed by atoms with Gasteiger partial charge in [0.2, 0.25) is 0 Å². The van der Waals surface area contributed by atoms with Crippen molar-refractivity contribution in [3.05, 3.63) is 0 Å². The molecule has 2 nitrogen and oxygen atoms in total. The molecular weight excluding hydrogens is 198 g/mol. The van der Waals surface area contributed by atoms with E-state index in [2.05, 4.69) is 19.2 Å². The molecule has 2 rings (SSSR count). The second-order valence-corrected chi connectivity index (χ2v) is 6.04. The van der Waals surface area contributed by atoms with Crippen molar-refractivity contribution in [2.75, 3.05) is 7.11 Å². The highest BCUT2D eigenvalue weighted by molar-refractivity contribution is 4.88. The summed E-state index contributed by atoms with van der Waals surface area (Å²) < 4.78 is 5.43. The molecule has 2 aliphatic carbocycles. The molecule has 2 saturated carbocycles. The quantitative estimate of drug-likeness (QED) is 0.797. The molecule has 0 aromatic rings. The summed E-state index contributed by atoms with van der Waals surface area (Å²) in [5.41, 5.74) is 0. The lowest BCUT2D eigenvalue weighted by Crippen LogP contribution is -2.44. The van der Waals surface area contributed by atoms with Crippen LogP contribution >= 0.6 is 0 Å². The molecule has 2 fully saturated rings. The van der Waals surface area contributed by atoms with Gasteiger partial charge in [-0.2, -0.15) is 0 Å². The normalized spacial score (nSPS) is 44.8. The minimum Gasteiger partial charge on any atom is -0.381 e. The predicted octanol–water partition coefficient (Wildman–Crippen LogP) is 2.97. The highest BCUT2D eigenvalue weighted by atomic mass is 16.5. The van der Waals surface area contributed by atoms with Crippen molar-refractivity contribution >= 4 is 0 Å². The number of hydrogen-bond donors (Lipinski definition) is 1. The van der Waals surface area contributed by atoms with Crippen LogP contribution in [0.3, 0.4) is 0 Å². The fourth-order valence-corrected chi connectivity index (χ4v) is 3.52. The summed E-state index contributed by atoms with van der Waals surface area (Å²) in [6, 6.07) is 1.47. The number of hydrogen-bond acceptors (Lipinski definition) is 2. The Balaban J connectivity index is 1.77. The van der Waals surface area contributed by atoms with Crippen LogP contribution in [0.2, 0.25) is 0 Å². The van der Waals surface area contributed by atoms with Crippen molar-refractivity contribution in [1.82, 2.24) is 5.32 Å². The monoisotopic (exact) mass is 225 g/mol. The Labute approximate surface area is 100 Å². The molecule has 2 aliphatic rings. The highest BCUT2D eigenvalue weighted by Crippen LogP contribution is 2.30. The first-order chi connectivity index (χ1) is 7.69. The predicted molar refractivity (Wildman–Crippen MR) is 67.5 cm³/mol. The maximum Gasteiger partial charge on any atom is 0.0586 e. The molecular formula is C14H27NO. The van der Waals surface area contributed by atoms with Crippen LogP contribution in [0.5, 0.6) is 0 Å². The fraction of sp³-hybridized carbons (Fsp3) is 1.00. The van der Waals surface area contributed by atoms with Crippen LogP contribution in [0.4, 0.5) is 0 Å². The Morgan fingerprint density at radius 1 is 1.00 bits per heavy atom. The average Bonchev–Trinajstić information content (AvgIpc) is 2.70. The van der Waals surface area contributed by atoms with Crippen LogP contribution in [-0.2, 0) is 4.74 Å². The van der Waals surface area contributed by atoms with Crippen molar-refractivity contribution in [3.8, 4) is 0 Å². The van der Waals surface area contributed by atoms with E-state index in [1.807, 2.05) is 7.11 Å². The molecule has 5 unspecified atom stereocenters. The Hall–Kier alpha value is -0.0800. The summed E-state index contributed by atoms with van der Waals surface area (Å²) >= 11 is 0. The van der Waals surface area contributed by atoms with Crippen LogP contribution in [0.1, 0.15) is 52.4 Å². The van der Waals surface area contributed by atoms with E-state index >= 15 is 0 Å². The van der Waals surface area contributed by atoms with Gasteiger partial charge in [0.1, 0.15) is 0 Å². The molecule has 0 amide bonds. The van der Waals surface area contributed by atoms with Gasteiger partial charge in [-0.1, -0.05) is 13.8 Å². The van der Waals surface area contributed by atoms with Crippen molar-refractivity contribution in [3.63, 3.8) is 0 Å². The average molecular weight is 225 g/mol. The Bertz CT molecular complexity index is 219. The zero-order valence-corrected chi connectivity index (χ0v) is 11.0. The van der Waals surface area contributed by atoms with Crippen LogP contribution in [-0.4, -0.2) is 25.3 Å². The van der Waals surface area contributed by atoms with Crippen molar-refractivity contribution < 1.29 is 4.74 Å². The van der Waals surface area contributed by atoms with Crippen LogP contribution < -0.4 is 5.32 Å². The third-order valence-corrected chi connectivity index (χ3v) is 4.60. The minimum absolute atomic E-state index is 0.510. The van der Waals surface area contributed by atoms with Gasteiger partial charge in [-0.25, -0.2) is 0 Å². The summed E-state index contributed by atoms with van der Waals surface area (Å²) in [5, 5.41) is 3.87. The summed E-state index contributed by atoms with van der Waals surface area (Å²) in [4.78, 5) is 0. The molecule has 0 saturated heterocycles. The number of ether oxygens (including phenoxy) is 1. The molecule has 0 aliphatic heterocycles. The van der Waals surface area contributed by atoms with E-state index in [9.17, 15) is 0 Å². The topological polar surface area (TPSA) is 21.3 Å². The molecule has 94 valence electrons. The van der Waals surface area contributed by atoms with Crippen LogP contribution in [0.25, 0.3) is 0 Å². The first kappa shape index (κ1) is 12.4. The second kappa shape index (κ2) is 5.50. The van der Waals surface area contributed by atoms with E-state index in [-0.39, 0.29) is 0 Å². The molecule has 16 heavy (non-hydrogen) atoms. The highest BCUT2D eigenvalue weighted by Gasteiger charge is 2.30. The maximum atomic E-state index is 5.43. The number of methoxy groups -OCH3 is 1. The van der Waals surface area contributed by atoms with E-state index in [0.717, 1.165) is 17.9 Å². The maximum absolute atomic E-state index is 5.43. The van der Waals surface area contributed by atoms with Gasteiger partial charge in [0, 0.05) is 19.2 Å². The summed E-state index contributed by atoms with van der Waals surface area (Å²) in [7, 11) is 1.85. The second-order valence-electron chi connectivity index (χ2n) is 6.04. The van der Waals surface area contributed by atoms with Gasteiger partial charge in [0.15, 0.2) is 0 Å². The number of nitrogens with one attached hydrogen (secondary N) is 1. The molecule has 5 atom stereocenters. The lowest BCUT2D eigenvalue weighted by atomic mass is 9.79. The Morgan fingerprint density at radius 2 is 1.81 bits per heavy atom. The van der Waals surface area contributed by atoms with Crippen LogP contribution in [0.15, 0.2) is 0 Å². The van der Waals surface area contributed by atoms with E-state index < -0.39 is 0 Å². The van der Waals surface area contributed by atoms with Crippen molar-refractivity contribution in [1.29, 1.82) is 0 Å². The molecule has 0 spiro atoms. The van der Waals surface area contributed by atoms with E-state index in [4.69, 9.17) is 4.74 Å². The molecule has 0 aromatic carbocycles. The largest absolute Gasteiger partial charge is 0.381 e. The van der Waals surface area contributed by atoms with Gasteiger partial charge in [0.05, 0.1) is 6.10 Å². The van der Waals surface area contributed by atoms with Gasteiger partial charge >= 0.3 is 0 Å². The smallest absolute Gasteiger partial charge is 0.0586 e. The molecule has 2 heteroatoms. The third kappa shape index (κ3) is 2.98. The summed E-state index contributed by atoms with van der Waals surface area (Å²) in [5.74, 6) is 1.79. The van der Waals surface area contributed by atoms with Gasteiger partial charge in [-0.15, -0.1) is 0 Å². The van der Waals surface area contributed by atoms with Crippen LogP contribution in [0, 0.1) is 11.8 Å². The fourth-order valence-electron chi connectivity index (χ4n) is 3.52. The molecule has 0 radical (unpaired) electrons. The Kier molecular flexibility index (Phi) is 4.26.